The highest BCUT2D eigenvalue weighted by Gasteiger charge is 2.14. The van der Waals surface area contributed by atoms with Crippen LogP contribution in [0.1, 0.15) is 34.7 Å². The number of benzene rings is 1. The van der Waals surface area contributed by atoms with Crippen molar-refractivity contribution in [1.29, 1.82) is 0 Å². The average molecular weight is 396 g/mol. The minimum absolute atomic E-state index is 0.112. The molecule has 0 radical (unpaired) electrons. The molecule has 0 aliphatic carbocycles. The third-order valence-corrected chi connectivity index (χ3v) is 3.96. The van der Waals surface area contributed by atoms with Gasteiger partial charge in [0.25, 0.3) is 0 Å². The number of rotatable bonds is 8. The lowest BCUT2D eigenvalue weighted by Gasteiger charge is -2.08. The van der Waals surface area contributed by atoms with Crippen LogP contribution < -0.4 is 10.1 Å². The summed E-state index contributed by atoms with van der Waals surface area (Å²) in [6.07, 6.45) is 0.890. The van der Waals surface area contributed by atoms with Crippen LogP contribution >= 0.6 is 15.9 Å². The number of amides is 1. The molecule has 7 heteroatoms. The summed E-state index contributed by atoms with van der Waals surface area (Å²) >= 11 is 3.39. The van der Waals surface area contributed by atoms with Crippen molar-refractivity contribution in [3.8, 4) is 5.75 Å². The Morgan fingerprint density at radius 3 is 2.75 bits per heavy atom. The molecule has 1 aromatic heterocycles. The Hall–Kier alpha value is -2.28. The molecule has 0 aliphatic rings. The first-order chi connectivity index (χ1) is 11.5. The van der Waals surface area contributed by atoms with Gasteiger partial charge in [-0.3, -0.25) is 4.79 Å². The van der Waals surface area contributed by atoms with Crippen molar-refractivity contribution in [2.24, 2.45) is 0 Å². The molecule has 1 aromatic carbocycles. The number of carboxylic acid groups (broad SMARTS) is 1. The van der Waals surface area contributed by atoms with Crippen molar-refractivity contribution in [1.82, 2.24) is 5.32 Å². The number of halogens is 1. The fourth-order valence-corrected chi connectivity index (χ4v) is 2.49. The molecule has 1 heterocycles. The van der Waals surface area contributed by atoms with Crippen LogP contribution in [0.25, 0.3) is 0 Å². The summed E-state index contributed by atoms with van der Waals surface area (Å²) in [6.45, 7) is 2.17. The van der Waals surface area contributed by atoms with Crippen molar-refractivity contribution >= 4 is 27.8 Å². The van der Waals surface area contributed by atoms with Gasteiger partial charge in [0, 0.05) is 6.42 Å². The maximum Gasteiger partial charge on any atom is 0.339 e. The third kappa shape index (κ3) is 5.13. The van der Waals surface area contributed by atoms with Gasteiger partial charge in [0.1, 0.15) is 22.8 Å². The number of para-hydroxylation sites is 1. The van der Waals surface area contributed by atoms with Gasteiger partial charge in [-0.1, -0.05) is 12.1 Å². The zero-order valence-corrected chi connectivity index (χ0v) is 14.8. The second-order valence-corrected chi connectivity index (χ2v) is 6.00. The summed E-state index contributed by atoms with van der Waals surface area (Å²) in [5, 5.41) is 11.6. The molecule has 2 N–H and O–H groups in total. The van der Waals surface area contributed by atoms with Gasteiger partial charge in [0.15, 0.2) is 0 Å². The Bertz CT molecular complexity index is 726. The van der Waals surface area contributed by atoms with Crippen LogP contribution in [-0.2, 0) is 11.3 Å². The van der Waals surface area contributed by atoms with Crippen LogP contribution in [0.5, 0.6) is 5.75 Å². The smallest absolute Gasteiger partial charge is 0.339 e. The van der Waals surface area contributed by atoms with Gasteiger partial charge >= 0.3 is 5.97 Å². The van der Waals surface area contributed by atoms with Crippen molar-refractivity contribution in [2.75, 3.05) is 6.61 Å². The number of furan rings is 1. The summed E-state index contributed by atoms with van der Waals surface area (Å²) in [5.41, 5.74) is 0.112. The molecule has 128 valence electrons. The first kappa shape index (κ1) is 18.1. The van der Waals surface area contributed by atoms with Gasteiger partial charge in [-0.05, 0) is 47.5 Å². The summed E-state index contributed by atoms with van der Waals surface area (Å²) in [4.78, 5) is 22.7. The number of carbonyl (C=O) groups excluding carboxylic acids is 1. The summed E-state index contributed by atoms with van der Waals surface area (Å²) in [6, 6.07) is 8.94. The molecule has 2 rings (SSSR count). The lowest BCUT2D eigenvalue weighted by Crippen LogP contribution is -2.22. The molecule has 24 heavy (non-hydrogen) atoms. The van der Waals surface area contributed by atoms with Gasteiger partial charge in [-0.15, -0.1) is 0 Å². The number of aryl methyl sites for hydroxylation is 1. The molecule has 2 aromatic rings. The number of hydrogen-bond donors (Lipinski definition) is 2. The maximum absolute atomic E-state index is 11.8. The highest BCUT2D eigenvalue weighted by Crippen LogP contribution is 2.23. The summed E-state index contributed by atoms with van der Waals surface area (Å²) < 4.78 is 11.8. The van der Waals surface area contributed by atoms with Crippen LogP contribution in [0, 0.1) is 6.92 Å². The fraction of sp³-hybridized carbons (Fsp3) is 0.294. The zero-order chi connectivity index (χ0) is 17.5. The number of nitrogens with one attached hydrogen (secondary N) is 1. The Morgan fingerprint density at radius 2 is 2.08 bits per heavy atom. The normalized spacial score (nSPS) is 10.4. The van der Waals surface area contributed by atoms with E-state index in [-0.39, 0.29) is 18.0 Å². The molecule has 0 spiro atoms. The highest BCUT2D eigenvalue weighted by atomic mass is 79.9. The second-order valence-electron chi connectivity index (χ2n) is 5.15. The average Bonchev–Trinajstić information content (AvgIpc) is 2.92. The number of hydrogen-bond acceptors (Lipinski definition) is 4. The number of ether oxygens (including phenoxy) is 1. The van der Waals surface area contributed by atoms with Crippen LogP contribution in [0.15, 0.2) is 39.2 Å². The van der Waals surface area contributed by atoms with Crippen molar-refractivity contribution in [3.05, 3.63) is 51.9 Å². The Balaban J connectivity index is 1.69. The van der Waals surface area contributed by atoms with Gasteiger partial charge in [0.05, 0.1) is 17.6 Å². The van der Waals surface area contributed by atoms with E-state index in [2.05, 4.69) is 21.2 Å². The topological polar surface area (TPSA) is 88.8 Å². The van der Waals surface area contributed by atoms with Crippen molar-refractivity contribution < 1.29 is 23.8 Å². The fourth-order valence-electron chi connectivity index (χ4n) is 2.09. The molecular weight excluding hydrogens is 378 g/mol. The van der Waals surface area contributed by atoms with Gasteiger partial charge < -0.3 is 19.6 Å². The monoisotopic (exact) mass is 395 g/mol. The zero-order valence-electron chi connectivity index (χ0n) is 13.2. The third-order valence-electron chi connectivity index (χ3n) is 3.30. The molecule has 0 saturated carbocycles. The SMILES string of the molecule is Cc1oc(CNC(=O)CCCOc2ccccc2Br)cc1C(=O)O. The maximum atomic E-state index is 11.8. The number of carbonyl (C=O) groups is 2. The molecule has 0 aliphatic heterocycles. The minimum Gasteiger partial charge on any atom is -0.492 e. The van der Waals surface area contributed by atoms with Crippen LogP contribution in [-0.4, -0.2) is 23.6 Å². The van der Waals surface area contributed by atoms with E-state index in [1.54, 1.807) is 6.92 Å². The quantitative estimate of drug-likeness (QED) is 0.667. The van der Waals surface area contributed by atoms with Gasteiger partial charge in [-0.25, -0.2) is 4.79 Å². The van der Waals surface area contributed by atoms with E-state index in [4.69, 9.17) is 14.3 Å². The van der Waals surface area contributed by atoms with E-state index in [1.807, 2.05) is 24.3 Å². The standard InChI is InChI=1S/C17H18BrNO5/c1-11-13(17(21)22)9-12(24-11)10-19-16(20)7-4-8-23-15-6-3-2-5-14(15)18/h2-3,5-6,9H,4,7-8,10H2,1H3,(H,19,20)(H,21,22). The van der Waals surface area contributed by atoms with Gasteiger partial charge in [0.2, 0.25) is 5.91 Å². The predicted octanol–water partition coefficient (Wildman–Crippen LogP) is 3.52. The molecule has 0 bridgehead atoms. The minimum atomic E-state index is -1.04. The summed E-state index contributed by atoms with van der Waals surface area (Å²) in [7, 11) is 0. The molecular formula is C17H18BrNO5. The van der Waals surface area contributed by atoms with Crippen LogP contribution in [0.2, 0.25) is 0 Å². The van der Waals surface area contributed by atoms with Gasteiger partial charge in [-0.2, -0.15) is 0 Å². The molecule has 0 atom stereocenters. The van der Waals surface area contributed by atoms with E-state index in [0.717, 1.165) is 10.2 Å². The van der Waals surface area contributed by atoms with E-state index in [1.165, 1.54) is 6.07 Å². The highest BCUT2D eigenvalue weighted by molar-refractivity contribution is 9.10. The van der Waals surface area contributed by atoms with Crippen molar-refractivity contribution in [3.63, 3.8) is 0 Å². The van der Waals surface area contributed by atoms with E-state index in [0.29, 0.717) is 31.0 Å². The van der Waals surface area contributed by atoms with Crippen molar-refractivity contribution in [2.45, 2.75) is 26.3 Å². The van der Waals surface area contributed by atoms with E-state index < -0.39 is 5.97 Å². The molecule has 0 unspecified atom stereocenters. The lowest BCUT2D eigenvalue weighted by molar-refractivity contribution is -0.121. The first-order valence-corrected chi connectivity index (χ1v) is 8.23. The Labute approximate surface area is 147 Å². The Morgan fingerprint density at radius 1 is 1.33 bits per heavy atom. The van der Waals surface area contributed by atoms with Crippen LogP contribution in [0.4, 0.5) is 0 Å². The second kappa shape index (κ2) is 8.54. The largest absolute Gasteiger partial charge is 0.492 e. The number of aromatic carboxylic acids is 1. The molecule has 6 nitrogen and oxygen atoms in total. The van der Waals surface area contributed by atoms with E-state index >= 15 is 0 Å². The number of carboxylic acids is 1. The van der Waals surface area contributed by atoms with E-state index in [9.17, 15) is 9.59 Å². The Kier molecular flexibility index (Phi) is 6.43. The molecule has 0 saturated heterocycles. The molecule has 1 amide bonds. The predicted molar refractivity (Wildman–Crippen MR) is 91.1 cm³/mol. The first-order valence-electron chi connectivity index (χ1n) is 7.44. The molecule has 0 fully saturated rings. The summed E-state index contributed by atoms with van der Waals surface area (Å²) in [5.74, 6) is 0.302. The van der Waals surface area contributed by atoms with Crippen LogP contribution in [0.3, 0.4) is 0 Å². The lowest BCUT2D eigenvalue weighted by atomic mass is 10.2.